The number of carbonyl (C=O) groups is 1. The van der Waals surface area contributed by atoms with E-state index in [1.165, 1.54) is 0 Å². The highest BCUT2D eigenvalue weighted by molar-refractivity contribution is 9.10. The van der Waals surface area contributed by atoms with Crippen molar-refractivity contribution < 1.29 is 19.0 Å². The van der Waals surface area contributed by atoms with Gasteiger partial charge in [0.25, 0.3) is 0 Å². The molecule has 0 bridgehead atoms. The SMILES string of the molecule is COc1ccc(/C=C/C(=O)c2ccc3c(c2)OCCO3)cc1Cn1nc(C)c(Br)c1C. The third kappa shape index (κ3) is 4.51. The summed E-state index contributed by atoms with van der Waals surface area (Å²) >= 11 is 3.57. The third-order valence-corrected chi connectivity index (χ3v) is 6.32. The van der Waals surface area contributed by atoms with Gasteiger partial charge in [0.05, 0.1) is 29.5 Å². The van der Waals surface area contributed by atoms with Crippen LogP contribution in [0.25, 0.3) is 6.08 Å². The Hall–Kier alpha value is -3.06. The number of allylic oxidation sites excluding steroid dienone is 1. The van der Waals surface area contributed by atoms with Crippen molar-refractivity contribution in [2.75, 3.05) is 20.3 Å². The van der Waals surface area contributed by atoms with E-state index >= 15 is 0 Å². The Morgan fingerprint density at radius 2 is 1.94 bits per heavy atom. The van der Waals surface area contributed by atoms with E-state index in [-0.39, 0.29) is 5.78 Å². The van der Waals surface area contributed by atoms with Crippen LogP contribution < -0.4 is 14.2 Å². The second-order valence-electron chi connectivity index (χ2n) is 7.27. The first-order valence-corrected chi connectivity index (χ1v) is 10.7. The van der Waals surface area contributed by atoms with Gasteiger partial charge in [-0.15, -0.1) is 0 Å². The van der Waals surface area contributed by atoms with Gasteiger partial charge in [0.2, 0.25) is 0 Å². The van der Waals surface area contributed by atoms with E-state index in [2.05, 4.69) is 21.0 Å². The molecular formula is C24H23BrN2O4. The van der Waals surface area contributed by atoms with Crippen molar-refractivity contribution in [3.63, 3.8) is 0 Å². The molecule has 2 heterocycles. The van der Waals surface area contributed by atoms with Crippen molar-refractivity contribution in [3.8, 4) is 17.2 Å². The number of nitrogens with zero attached hydrogens (tertiary/aromatic N) is 2. The molecule has 0 atom stereocenters. The lowest BCUT2D eigenvalue weighted by Crippen LogP contribution is -2.15. The van der Waals surface area contributed by atoms with Gasteiger partial charge in [-0.3, -0.25) is 9.48 Å². The Labute approximate surface area is 189 Å². The zero-order chi connectivity index (χ0) is 22.0. The standard InChI is InChI=1S/C24H23BrN2O4/c1-15-24(25)16(2)27(26-15)14-19-12-17(5-8-21(19)29-3)4-7-20(28)18-6-9-22-23(13-18)31-11-10-30-22/h4-9,12-13H,10-11,14H2,1-3H3/b7-4+. The summed E-state index contributed by atoms with van der Waals surface area (Å²) in [6.07, 6.45) is 3.37. The van der Waals surface area contributed by atoms with E-state index in [1.54, 1.807) is 37.5 Å². The monoisotopic (exact) mass is 482 g/mol. The molecule has 0 radical (unpaired) electrons. The molecular weight excluding hydrogens is 460 g/mol. The molecule has 0 saturated heterocycles. The number of methoxy groups -OCH3 is 1. The number of benzene rings is 2. The molecule has 2 aromatic carbocycles. The highest BCUT2D eigenvalue weighted by Crippen LogP contribution is 2.31. The van der Waals surface area contributed by atoms with Gasteiger partial charge in [-0.25, -0.2) is 0 Å². The fourth-order valence-electron chi connectivity index (χ4n) is 3.48. The predicted molar refractivity (Wildman–Crippen MR) is 122 cm³/mol. The van der Waals surface area contributed by atoms with Crippen LogP contribution in [0.5, 0.6) is 17.2 Å². The Kier molecular flexibility index (Phi) is 6.13. The average Bonchev–Trinajstić information content (AvgIpc) is 3.03. The van der Waals surface area contributed by atoms with Gasteiger partial charge >= 0.3 is 0 Å². The Morgan fingerprint density at radius 3 is 2.65 bits per heavy atom. The number of hydrogen-bond donors (Lipinski definition) is 0. The van der Waals surface area contributed by atoms with Gasteiger partial charge < -0.3 is 14.2 Å². The van der Waals surface area contributed by atoms with Crippen molar-refractivity contribution >= 4 is 27.8 Å². The Bertz CT molecular complexity index is 1170. The van der Waals surface area contributed by atoms with E-state index in [0.29, 0.717) is 36.8 Å². The van der Waals surface area contributed by atoms with Crippen molar-refractivity contribution in [2.24, 2.45) is 0 Å². The molecule has 0 N–H and O–H groups in total. The zero-order valence-corrected chi connectivity index (χ0v) is 19.2. The van der Waals surface area contributed by atoms with Gasteiger partial charge in [0.15, 0.2) is 17.3 Å². The summed E-state index contributed by atoms with van der Waals surface area (Å²) < 4.78 is 19.6. The summed E-state index contributed by atoms with van der Waals surface area (Å²) in [5, 5.41) is 4.58. The van der Waals surface area contributed by atoms with Crippen LogP contribution in [0.15, 0.2) is 46.9 Å². The van der Waals surface area contributed by atoms with E-state index < -0.39 is 0 Å². The topological polar surface area (TPSA) is 62.6 Å². The molecule has 0 spiro atoms. The minimum Gasteiger partial charge on any atom is -0.496 e. The molecule has 7 heteroatoms. The Morgan fingerprint density at radius 1 is 1.16 bits per heavy atom. The summed E-state index contributed by atoms with van der Waals surface area (Å²) in [7, 11) is 1.65. The van der Waals surface area contributed by atoms with E-state index in [0.717, 1.165) is 32.7 Å². The summed E-state index contributed by atoms with van der Waals surface area (Å²) in [5.74, 6) is 1.95. The fraction of sp³-hybridized carbons (Fsp3) is 0.250. The van der Waals surface area contributed by atoms with Gasteiger partial charge in [-0.2, -0.15) is 5.10 Å². The number of aromatic nitrogens is 2. The van der Waals surface area contributed by atoms with Crippen LogP contribution in [0, 0.1) is 13.8 Å². The molecule has 3 aromatic rings. The van der Waals surface area contributed by atoms with Gasteiger partial charge in [0.1, 0.15) is 19.0 Å². The number of halogens is 1. The van der Waals surface area contributed by atoms with Crippen LogP contribution in [0.4, 0.5) is 0 Å². The van der Waals surface area contributed by atoms with Crippen molar-refractivity contribution in [1.82, 2.24) is 9.78 Å². The van der Waals surface area contributed by atoms with Crippen molar-refractivity contribution in [3.05, 3.63) is 75.0 Å². The van der Waals surface area contributed by atoms with E-state index in [9.17, 15) is 4.79 Å². The zero-order valence-electron chi connectivity index (χ0n) is 17.6. The van der Waals surface area contributed by atoms with Crippen LogP contribution in [0.1, 0.15) is 32.9 Å². The highest BCUT2D eigenvalue weighted by atomic mass is 79.9. The number of aryl methyl sites for hydroxylation is 1. The summed E-state index contributed by atoms with van der Waals surface area (Å²) in [6.45, 7) is 5.56. The normalized spacial score (nSPS) is 12.9. The molecule has 6 nitrogen and oxygen atoms in total. The smallest absolute Gasteiger partial charge is 0.185 e. The number of ketones is 1. The molecule has 160 valence electrons. The van der Waals surface area contributed by atoms with Gasteiger partial charge in [-0.1, -0.05) is 12.1 Å². The van der Waals surface area contributed by atoms with Gasteiger partial charge in [-0.05, 0) is 71.7 Å². The van der Waals surface area contributed by atoms with Crippen LogP contribution in [0.3, 0.4) is 0 Å². The summed E-state index contributed by atoms with van der Waals surface area (Å²) in [6, 6.07) is 11.1. The maximum absolute atomic E-state index is 12.7. The lowest BCUT2D eigenvalue weighted by Gasteiger charge is -2.18. The maximum Gasteiger partial charge on any atom is 0.185 e. The molecule has 4 rings (SSSR count). The quantitative estimate of drug-likeness (QED) is 0.365. The molecule has 0 fully saturated rings. The van der Waals surface area contributed by atoms with Crippen molar-refractivity contribution in [1.29, 1.82) is 0 Å². The first kappa shape index (κ1) is 21.2. The molecule has 0 saturated carbocycles. The number of hydrogen-bond acceptors (Lipinski definition) is 5. The highest BCUT2D eigenvalue weighted by Gasteiger charge is 2.14. The fourth-order valence-corrected chi connectivity index (χ4v) is 3.76. The molecule has 0 amide bonds. The number of carbonyl (C=O) groups excluding carboxylic acids is 1. The van der Waals surface area contributed by atoms with E-state index in [4.69, 9.17) is 14.2 Å². The number of ether oxygens (including phenoxy) is 3. The van der Waals surface area contributed by atoms with Crippen LogP contribution >= 0.6 is 15.9 Å². The summed E-state index contributed by atoms with van der Waals surface area (Å²) in [5.41, 5.74) is 4.44. The molecule has 1 aliphatic rings. The second-order valence-corrected chi connectivity index (χ2v) is 8.06. The average molecular weight is 483 g/mol. The maximum atomic E-state index is 12.7. The molecule has 0 unspecified atom stereocenters. The molecule has 31 heavy (non-hydrogen) atoms. The van der Waals surface area contributed by atoms with Gasteiger partial charge in [0, 0.05) is 11.1 Å². The largest absolute Gasteiger partial charge is 0.496 e. The number of fused-ring (bicyclic) bond motifs is 1. The first-order valence-electron chi connectivity index (χ1n) is 9.94. The number of rotatable bonds is 6. The molecule has 0 aliphatic carbocycles. The lowest BCUT2D eigenvalue weighted by atomic mass is 10.1. The minimum absolute atomic E-state index is 0.100. The van der Waals surface area contributed by atoms with E-state index in [1.807, 2.05) is 36.7 Å². The first-order chi connectivity index (χ1) is 15.0. The third-order valence-electron chi connectivity index (χ3n) is 5.17. The minimum atomic E-state index is -0.100. The van der Waals surface area contributed by atoms with Crippen LogP contribution in [-0.4, -0.2) is 35.9 Å². The second kappa shape index (κ2) is 8.98. The molecule has 1 aromatic heterocycles. The predicted octanol–water partition coefficient (Wildman–Crippen LogP) is 4.99. The van der Waals surface area contributed by atoms with Crippen molar-refractivity contribution in [2.45, 2.75) is 20.4 Å². The van der Waals surface area contributed by atoms with Crippen LogP contribution in [0.2, 0.25) is 0 Å². The summed E-state index contributed by atoms with van der Waals surface area (Å²) in [4.78, 5) is 12.7. The Balaban J connectivity index is 1.55. The van der Waals surface area contributed by atoms with Crippen LogP contribution in [-0.2, 0) is 6.54 Å². The lowest BCUT2D eigenvalue weighted by molar-refractivity contribution is 0.104. The molecule has 1 aliphatic heterocycles.